The van der Waals surface area contributed by atoms with Crippen molar-refractivity contribution < 1.29 is 14.3 Å². The summed E-state index contributed by atoms with van der Waals surface area (Å²) in [4.78, 5) is 21.0. The molecule has 27 heavy (non-hydrogen) atoms. The van der Waals surface area contributed by atoms with Crippen molar-refractivity contribution in [2.75, 3.05) is 33.3 Å². The predicted molar refractivity (Wildman–Crippen MR) is 105 cm³/mol. The van der Waals surface area contributed by atoms with Crippen LogP contribution < -0.4 is 5.32 Å². The summed E-state index contributed by atoms with van der Waals surface area (Å²) in [5.74, 6) is 0.918. The second kappa shape index (κ2) is 8.17. The number of ether oxygens (including phenoxy) is 2. The Morgan fingerprint density at radius 2 is 2.07 bits per heavy atom. The number of aliphatic imine (C=N–C) groups is 1. The smallest absolute Gasteiger partial charge is 0.410 e. The summed E-state index contributed by atoms with van der Waals surface area (Å²) < 4.78 is 10.7. The lowest BCUT2D eigenvalue weighted by atomic mass is 10.1. The Hall–Kier alpha value is -2.28. The fourth-order valence-electron chi connectivity index (χ4n) is 3.40. The van der Waals surface area contributed by atoms with Gasteiger partial charge in [-0.2, -0.15) is 0 Å². The van der Waals surface area contributed by atoms with E-state index < -0.39 is 5.60 Å². The van der Waals surface area contributed by atoms with Gasteiger partial charge in [0.1, 0.15) is 5.60 Å². The van der Waals surface area contributed by atoms with E-state index in [4.69, 9.17) is 9.47 Å². The van der Waals surface area contributed by atoms with Crippen molar-refractivity contribution >= 4 is 12.1 Å². The van der Waals surface area contributed by atoms with Crippen molar-refractivity contribution in [1.82, 2.24) is 15.1 Å². The average molecular weight is 374 g/mol. The maximum absolute atomic E-state index is 12.3. The van der Waals surface area contributed by atoms with Crippen LogP contribution in [0.2, 0.25) is 0 Å². The normalized spacial score (nSPS) is 19.6. The van der Waals surface area contributed by atoms with E-state index in [1.54, 1.807) is 12.0 Å². The molecule has 1 fully saturated rings. The number of nitrogens with one attached hydrogen (secondary N) is 1. The number of benzene rings is 1. The van der Waals surface area contributed by atoms with Gasteiger partial charge in [0.2, 0.25) is 0 Å². The quantitative estimate of drug-likeness (QED) is 0.875. The summed E-state index contributed by atoms with van der Waals surface area (Å²) in [6, 6.07) is 8.56. The van der Waals surface area contributed by atoms with Gasteiger partial charge in [0.05, 0.1) is 19.2 Å². The minimum absolute atomic E-state index is 0.216. The highest BCUT2D eigenvalue weighted by Gasteiger charge is 2.36. The number of hydrogen-bond acceptors (Lipinski definition) is 6. The number of piperazine rings is 1. The molecule has 1 unspecified atom stereocenters. The van der Waals surface area contributed by atoms with E-state index in [0.717, 1.165) is 24.6 Å². The van der Waals surface area contributed by atoms with Crippen LogP contribution in [-0.4, -0.2) is 66.8 Å². The molecule has 0 saturated carbocycles. The molecular formula is C20H30N4O3. The van der Waals surface area contributed by atoms with E-state index in [9.17, 15) is 4.79 Å². The third-order valence-electron chi connectivity index (χ3n) is 4.61. The van der Waals surface area contributed by atoms with Crippen molar-refractivity contribution in [2.24, 2.45) is 4.99 Å². The van der Waals surface area contributed by atoms with Crippen LogP contribution in [0.3, 0.4) is 0 Å². The molecular weight excluding hydrogens is 344 g/mol. The van der Waals surface area contributed by atoms with E-state index in [-0.39, 0.29) is 12.1 Å². The summed E-state index contributed by atoms with van der Waals surface area (Å²) in [7, 11) is 1.70. The zero-order valence-electron chi connectivity index (χ0n) is 16.7. The van der Waals surface area contributed by atoms with Crippen LogP contribution >= 0.6 is 0 Å². The molecule has 1 amide bonds. The standard InChI is InChI=1S/C20H30N4O3/c1-20(2,3)27-19(25)23-8-9-24-17(13-23)12-22-18(24)21-11-15-6-5-7-16(10-15)14-26-4/h5-7,10,17H,8-9,11-14H2,1-4H3,(H,21,22). The number of rotatable bonds is 4. The minimum atomic E-state index is -0.468. The Morgan fingerprint density at radius 1 is 1.30 bits per heavy atom. The van der Waals surface area contributed by atoms with E-state index in [0.29, 0.717) is 26.2 Å². The molecule has 1 aromatic rings. The summed E-state index contributed by atoms with van der Waals surface area (Å²) in [6.07, 6.45) is -0.237. The van der Waals surface area contributed by atoms with Crippen LogP contribution in [0.25, 0.3) is 0 Å². The number of hydrogen-bond donors (Lipinski definition) is 1. The first-order valence-electron chi connectivity index (χ1n) is 9.45. The highest BCUT2D eigenvalue weighted by atomic mass is 16.6. The van der Waals surface area contributed by atoms with Crippen LogP contribution in [-0.2, 0) is 22.6 Å². The van der Waals surface area contributed by atoms with Crippen LogP contribution in [0, 0.1) is 0 Å². The monoisotopic (exact) mass is 374 g/mol. The maximum atomic E-state index is 12.3. The van der Waals surface area contributed by atoms with Gasteiger partial charge in [0.25, 0.3) is 0 Å². The molecule has 2 aliphatic heterocycles. The van der Waals surface area contributed by atoms with Gasteiger partial charge in [-0.15, -0.1) is 0 Å². The molecule has 3 rings (SSSR count). The Kier molecular flexibility index (Phi) is 5.89. The lowest BCUT2D eigenvalue weighted by molar-refractivity contribution is 0.0137. The van der Waals surface area contributed by atoms with Gasteiger partial charge in [-0.25, -0.2) is 4.79 Å². The van der Waals surface area contributed by atoms with Crippen molar-refractivity contribution in [3.05, 3.63) is 35.4 Å². The molecule has 1 aromatic carbocycles. The minimum Gasteiger partial charge on any atom is -0.444 e. The summed E-state index contributed by atoms with van der Waals surface area (Å²) in [5.41, 5.74) is 1.89. The molecule has 2 aliphatic rings. The second-order valence-electron chi connectivity index (χ2n) is 8.04. The zero-order chi connectivity index (χ0) is 19.4. The first-order chi connectivity index (χ1) is 12.9. The molecule has 0 spiro atoms. The fourth-order valence-corrected chi connectivity index (χ4v) is 3.40. The Morgan fingerprint density at radius 3 is 2.81 bits per heavy atom. The van der Waals surface area contributed by atoms with Gasteiger partial charge >= 0.3 is 6.09 Å². The molecule has 7 nitrogen and oxygen atoms in total. The largest absolute Gasteiger partial charge is 0.444 e. The SMILES string of the molecule is COCc1cccc(CNC2=NCC3CN(C(=O)OC(C)(C)C)CCN23)c1. The van der Waals surface area contributed by atoms with Crippen molar-refractivity contribution in [1.29, 1.82) is 0 Å². The molecule has 148 valence electrons. The van der Waals surface area contributed by atoms with Gasteiger partial charge in [-0.05, 0) is 31.9 Å². The summed E-state index contributed by atoms with van der Waals surface area (Å²) >= 11 is 0. The number of fused-ring (bicyclic) bond motifs is 1. The average Bonchev–Trinajstić information content (AvgIpc) is 3.01. The molecule has 1 saturated heterocycles. The molecule has 0 radical (unpaired) electrons. The number of carbonyl (C=O) groups is 1. The van der Waals surface area contributed by atoms with E-state index in [1.807, 2.05) is 26.8 Å². The summed E-state index contributed by atoms with van der Waals surface area (Å²) in [5, 5.41) is 3.45. The maximum Gasteiger partial charge on any atom is 0.410 e. The number of carbonyl (C=O) groups excluding carboxylic acids is 1. The van der Waals surface area contributed by atoms with Crippen LogP contribution in [0.4, 0.5) is 4.79 Å². The van der Waals surface area contributed by atoms with Gasteiger partial charge in [0, 0.05) is 33.3 Å². The highest BCUT2D eigenvalue weighted by molar-refractivity contribution is 5.82. The molecule has 7 heteroatoms. The van der Waals surface area contributed by atoms with Gasteiger partial charge in [-0.1, -0.05) is 24.3 Å². The van der Waals surface area contributed by atoms with Crippen molar-refractivity contribution in [2.45, 2.75) is 45.6 Å². The number of nitrogens with zero attached hydrogens (tertiary/aromatic N) is 3. The lowest BCUT2D eigenvalue weighted by Crippen LogP contribution is -2.57. The Balaban J connectivity index is 1.52. The predicted octanol–water partition coefficient (Wildman–Crippen LogP) is 2.21. The third-order valence-corrected chi connectivity index (χ3v) is 4.61. The van der Waals surface area contributed by atoms with Gasteiger partial charge in [-0.3, -0.25) is 4.99 Å². The lowest BCUT2D eigenvalue weighted by Gasteiger charge is -2.39. The number of methoxy groups -OCH3 is 1. The summed E-state index contributed by atoms with van der Waals surface area (Å²) in [6.45, 7) is 9.77. The van der Waals surface area contributed by atoms with E-state index in [1.165, 1.54) is 5.56 Å². The first kappa shape index (κ1) is 19.5. The van der Waals surface area contributed by atoms with Crippen LogP contribution in [0.5, 0.6) is 0 Å². The second-order valence-corrected chi connectivity index (χ2v) is 8.04. The Labute approximate surface area is 161 Å². The fraction of sp³-hybridized carbons (Fsp3) is 0.600. The number of amides is 1. The van der Waals surface area contributed by atoms with Crippen LogP contribution in [0.1, 0.15) is 31.9 Å². The molecule has 0 aliphatic carbocycles. The zero-order valence-corrected chi connectivity index (χ0v) is 16.7. The molecule has 0 bridgehead atoms. The van der Waals surface area contributed by atoms with Gasteiger partial charge < -0.3 is 24.6 Å². The molecule has 0 aromatic heterocycles. The van der Waals surface area contributed by atoms with E-state index >= 15 is 0 Å². The van der Waals surface area contributed by atoms with E-state index in [2.05, 4.69) is 33.4 Å². The van der Waals surface area contributed by atoms with Gasteiger partial charge in [0.15, 0.2) is 5.96 Å². The Bertz CT molecular complexity index is 699. The molecule has 1 N–H and O–H groups in total. The molecule has 1 atom stereocenters. The van der Waals surface area contributed by atoms with Crippen molar-refractivity contribution in [3.8, 4) is 0 Å². The number of guanidine groups is 1. The first-order valence-corrected chi connectivity index (χ1v) is 9.45. The third kappa shape index (κ3) is 5.13. The topological polar surface area (TPSA) is 66.4 Å². The van der Waals surface area contributed by atoms with Crippen LogP contribution in [0.15, 0.2) is 29.3 Å². The molecule has 2 heterocycles. The highest BCUT2D eigenvalue weighted by Crippen LogP contribution is 2.19. The van der Waals surface area contributed by atoms with Crippen molar-refractivity contribution in [3.63, 3.8) is 0 Å².